The highest BCUT2D eigenvalue weighted by Gasteiger charge is 2.44. The smallest absolute Gasteiger partial charge is 0.269 e. The van der Waals surface area contributed by atoms with Gasteiger partial charge in [-0.2, -0.15) is 0 Å². The van der Waals surface area contributed by atoms with Gasteiger partial charge in [0.1, 0.15) is 6.04 Å². The first-order valence-corrected chi connectivity index (χ1v) is 11.6. The molecule has 3 aromatic rings. The monoisotopic (exact) mass is 589 g/mol. The van der Waals surface area contributed by atoms with Gasteiger partial charge in [-0.05, 0) is 70.6 Å². The number of rotatable bonds is 6. The van der Waals surface area contributed by atoms with E-state index in [1.165, 1.54) is 29.2 Å². The predicted molar refractivity (Wildman–Crippen MR) is 134 cm³/mol. The number of nitro benzene ring substituents is 1. The van der Waals surface area contributed by atoms with Gasteiger partial charge in [-0.25, -0.2) is 4.90 Å². The minimum atomic E-state index is -1.05. The highest BCUT2D eigenvalue weighted by atomic mass is 127. The fourth-order valence-electron chi connectivity index (χ4n) is 3.75. The second-order valence-corrected chi connectivity index (χ2v) is 9.25. The number of halogens is 2. The van der Waals surface area contributed by atoms with Crippen molar-refractivity contribution in [1.82, 2.24) is 4.90 Å². The van der Waals surface area contributed by atoms with Crippen molar-refractivity contribution < 1.29 is 19.3 Å². The fourth-order valence-corrected chi connectivity index (χ4v) is 4.30. The molecule has 1 atom stereocenters. The number of non-ortho nitro benzene ring substituents is 1. The van der Waals surface area contributed by atoms with Crippen molar-refractivity contribution >= 4 is 63.3 Å². The average Bonchev–Trinajstić information content (AvgIpc) is 3.12. The summed E-state index contributed by atoms with van der Waals surface area (Å²) in [4.78, 5) is 52.5. The van der Waals surface area contributed by atoms with Crippen molar-refractivity contribution in [3.05, 3.63) is 103 Å². The predicted octanol–water partition coefficient (Wildman–Crippen LogP) is 4.83. The van der Waals surface area contributed by atoms with Crippen LogP contribution in [0.5, 0.6) is 0 Å². The van der Waals surface area contributed by atoms with E-state index >= 15 is 0 Å². The van der Waals surface area contributed by atoms with E-state index in [0.29, 0.717) is 16.3 Å². The van der Waals surface area contributed by atoms with Crippen LogP contribution in [0.2, 0.25) is 5.02 Å². The van der Waals surface area contributed by atoms with Crippen LogP contribution in [0.3, 0.4) is 0 Å². The summed E-state index contributed by atoms with van der Waals surface area (Å²) < 4.78 is 0.950. The SMILES string of the molecule is O=C1CC(N(Cc2ccccc2Cl)C(=O)c2ccc([N+](=O)[O-])cc2)C(=O)N1c1ccc(I)cc1. The van der Waals surface area contributed by atoms with Gasteiger partial charge >= 0.3 is 0 Å². The summed E-state index contributed by atoms with van der Waals surface area (Å²) in [6.07, 6.45) is -0.187. The lowest BCUT2D eigenvalue weighted by molar-refractivity contribution is -0.384. The zero-order chi connectivity index (χ0) is 24.4. The molecule has 172 valence electrons. The number of hydrogen-bond acceptors (Lipinski definition) is 5. The number of nitro groups is 1. The molecule has 1 saturated heterocycles. The van der Waals surface area contributed by atoms with Gasteiger partial charge in [0.15, 0.2) is 0 Å². The Balaban J connectivity index is 1.70. The maximum absolute atomic E-state index is 13.5. The molecule has 1 unspecified atom stereocenters. The number of anilines is 1. The molecule has 8 nitrogen and oxygen atoms in total. The molecule has 3 aromatic carbocycles. The maximum atomic E-state index is 13.5. The maximum Gasteiger partial charge on any atom is 0.269 e. The third-order valence-corrected chi connectivity index (χ3v) is 6.56. The zero-order valence-electron chi connectivity index (χ0n) is 17.6. The molecule has 1 aliphatic heterocycles. The first kappa shape index (κ1) is 23.8. The van der Waals surface area contributed by atoms with E-state index in [4.69, 9.17) is 11.6 Å². The van der Waals surface area contributed by atoms with Crippen molar-refractivity contribution in [2.45, 2.75) is 19.0 Å². The van der Waals surface area contributed by atoms with Gasteiger partial charge in [0, 0.05) is 32.8 Å². The normalized spacial score (nSPS) is 15.5. The molecule has 10 heteroatoms. The highest BCUT2D eigenvalue weighted by Crippen LogP contribution is 2.29. The summed E-state index contributed by atoms with van der Waals surface area (Å²) in [6, 6.07) is 17.9. The lowest BCUT2D eigenvalue weighted by Gasteiger charge is -2.28. The summed E-state index contributed by atoms with van der Waals surface area (Å²) in [7, 11) is 0. The molecule has 0 aliphatic carbocycles. The van der Waals surface area contributed by atoms with Gasteiger partial charge in [-0.1, -0.05) is 29.8 Å². The van der Waals surface area contributed by atoms with Crippen LogP contribution < -0.4 is 4.90 Å². The van der Waals surface area contributed by atoms with Crippen molar-refractivity contribution in [1.29, 1.82) is 0 Å². The Hall–Kier alpha value is -3.31. The molecule has 0 N–H and O–H groups in total. The average molecular weight is 590 g/mol. The standard InChI is InChI=1S/C24H17ClIN3O5/c25-20-4-2-1-3-16(20)14-27(23(31)15-5-9-19(10-6-15)29(33)34)21-13-22(30)28(24(21)32)18-11-7-17(26)8-12-18/h1-12,21H,13-14H2. The number of carbonyl (C=O) groups excluding carboxylic acids is 3. The number of nitrogens with zero attached hydrogens (tertiary/aromatic N) is 3. The van der Waals surface area contributed by atoms with Crippen LogP contribution in [0.25, 0.3) is 0 Å². The minimum absolute atomic E-state index is 0.0142. The van der Waals surface area contributed by atoms with Crippen molar-refractivity contribution in [2.75, 3.05) is 4.90 Å². The highest BCUT2D eigenvalue weighted by molar-refractivity contribution is 14.1. The Kier molecular flexibility index (Phi) is 6.94. The van der Waals surface area contributed by atoms with Gasteiger partial charge in [0.05, 0.1) is 17.0 Å². The van der Waals surface area contributed by atoms with E-state index in [1.807, 2.05) is 0 Å². The van der Waals surface area contributed by atoms with Crippen LogP contribution >= 0.6 is 34.2 Å². The lowest BCUT2D eigenvalue weighted by atomic mass is 10.1. The van der Waals surface area contributed by atoms with Gasteiger partial charge in [-0.15, -0.1) is 0 Å². The second kappa shape index (κ2) is 9.90. The summed E-state index contributed by atoms with van der Waals surface area (Å²) in [6.45, 7) is -0.0142. The molecule has 3 amide bonds. The lowest BCUT2D eigenvalue weighted by Crippen LogP contribution is -2.45. The number of hydrogen-bond donors (Lipinski definition) is 0. The van der Waals surface area contributed by atoms with Crippen LogP contribution in [0.4, 0.5) is 11.4 Å². The Bertz CT molecular complexity index is 1280. The molecule has 0 radical (unpaired) electrons. The van der Waals surface area contributed by atoms with Crippen LogP contribution in [-0.2, 0) is 16.1 Å². The molecule has 0 spiro atoms. The largest absolute Gasteiger partial charge is 0.322 e. The first-order chi connectivity index (χ1) is 16.3. The fraction of sp³-hybridized carbons (Fsp3) is 0.125. The molecule has 1 aliphatic rings. The molecular weight excluding hydrogens is 573 g/mol. The molecule has 34 heavy (non-hydrogen) atoms. The van der Waals surface area contributed by atoms with E-state index in [-0.39, 0.29) is 24.2 Å². The minimum Gasteiger partial charge on any atom is -0.322 e. The van der Waals surface area contributed by atoms with Crippen molar-refractivity contribution in [3.8, 4) is 0 Å². The van der Waals surface area contributed by atoms with Crippen LogP contribution in [-0.4, -0.2) is 33.6 Å². The van der Waals surface area contributed by atoms with Crippen LogP contribution in [0.1, 0.15) is 22.3 Å². The number of imide groups is 1. The molecule has 1 heterocycles. The summed E-state index contributed by atoms with van der Waals surface area (Å²) in [5.74, 6) is -1.48. The van der Waals surface area contributed by atoms with Gasteiger partial charge in [0.2, 0.25) is 5.91 Å². The third kappa shape index (κ3) is 4.80. The Morgan fingerprint density at radius 2 is 1.71 bits per heavy atom. The van der Waals surface area contributed by atoms with Gasteiger partial charge in [0.25, 0.3) is 17.5 Å². The molecule has 0 saturated carbocycles. The summed E-state index contributed by atoms with van der Waals surface area (Å²) in [5, 5.41) is 11.4. The van der Waals surface area contributed by atoms with E-state index in [9.17, 15) is 24.5 Å². The molecule has 0 bridgehead atoms. The van der Waals surface area contributed by atoms with Gasteiger partial charge < -0.3 is 4.90 Å². The molecule has 0 aromatic heterocycles. The quantitative estimate of drug-likeness (QED) is 0.178. The Labute approximate surface area is 213 Å². The summed E-state index contributed by atoms with van der Waals surface area (Å²) >= 11 is 8.44. The van der Waals surface area contributed by atoms with Crippen molar-refractivity contribution in [3.63, 3.8) is 0 Å². The molecule has 4 rings (SSSR count). The topological polar surface area (TPSA) is 101 Å². The van der Waals surface area contributed by atoms with Crippen LogP contribution in [0, 0.1) is 13.7 Å². The zero-order valence-corrected chi connectivity index (χ0v) is 20.5. The molecular formula is C24H17ClIN3O5. The first-order valence-electron chi connectivity index (χ1n) is 10.2. The third-order valence-electron chi connectivity index (χ3n) is 5.47. The van der Waals surface area contributed by atoms with Gasteiger partial charge in [-0.3, -0.25) is 24.5 Å². The number of benzene rings is 3. The van der Waals surface area contributed by atoms with E-state index in [2.05, 4.69) is 22.6 Å². The Morgan fingerprint density at radius 1 is 1.06 bits per heavy atom. The Morgan fingerprint density at radius 3 is 2.32 bits per heavy atom. The van der Waals surface area contributed by atoms with Crippen molar-refractivity contribution in [2.24, 2.45) is 0 Å². The summed E-state index contributed by atoms with van der Waals surface area (Å²) in [5.41, 5.74) is 1.03. The second-order valence-electron chi connectivity index (χ2n) is 7.59. The molecule has 1 fully saturated rings. The van der Waals surface area contributed by atoms with E-state index in [1.54, 1.807) is 48.5 Å². The number of amides is 3. The number of carbonyl (C=O) groups is 3. The van der Waals surface area contributed by atoms with Crippen LogP contribution in [0.15, 0.2) is 72.8 Å². The van der Waals surface area contributed by atoms with E-state index in [0.717, 1.165) is 8.47 Å². The van der Waals surface area contributed by atoms with E-state index < -0.39 is 28.7 Å².